The number of hydrogen-bond acceptors (Lipinski definition) is 5. The van der Waals surface area contributed by atoms with Crippen LogP contribution in [0.4, 0.5) is 4.39 Å². The van der Waals surface area contributed by atoms with E-state index in [-0.39, 0.29) is 17.0 Å². The van der Waals surface area contributed by atoms with Gasteiger partial charge < -0.3 is 0 Å². The average Bonchev–Trinajstić information content (AvgIpc) is 3.50. The van der Waals surface area contributed by atoms with E-state index in [1.165, 1.54) is 22.9 Å². The van der Waals surface area contributed by atoms with Gasteiger partial charge >= 0.3 is 0 Å². The van der Waals surface area contributed by atoms with Crippen molar-refractivity contribution in [2.75, 3.05) is 0 Å². The fourth-order valence-corrected chi connectivity index (χ4v) is 7.17. The Labute approximate surface area is 204 Å². The Balaban J connectivity index is 1.17. The molecule has 0 bridgehead atoms. The molecule has 0 spiro atoms. The Hall–Kier alpha value is -3.22. The smallest absolute Gasteiger partial charge is 0.174 e. The van der Waals surface area contributed by atoms with E-state index in [0.717, 1.165) is 49.7 Å². The second-order valence-corrected chi connectivity index (χ2v) is 10.6. The summed E-state index contributed by atoms with van der Waals surface area (Å²) in [4.78, 5) is 16.9. The predicted molar refractivity (Wildman–Crippen MR) is 130 cm³/mol. The highest BCUT2D eigenvalue weighted by atomic mass is 19.1. The van der Waals surface area contributed by atoms with E-state index in [1.807, 2.05) is 12.3 Å². The van der Waals surface area contributed by atoms with Crippen LogP contribution in [0.15, 0.2) is 42.7 Å². The van der Waals surface area contributed by atoms with E-state index in [1.54, 1.807) is 6.07 Å². The summed E-state index contributed by atoms with van der Waals surface area (Å²) >= 11 is 0. The molecule has 3 aliphatic carbocycles. The van der Waals surface area contributed by atoms with Gasteiger partial charge in [-0.2, -0.15) is 5.21 Å². The van der Waals surface area contributed by atoms with Crippen molar-refractivity contribution in [3.05, 3.63) is 76.6 Å². The Bertz CT molecular complexity index is 1290. The molecule has 2 heterocycles. The normalized spacial score (nSPS) is 27.0. The fraction of sp³-hybridized carbons (Fsp3) is 0.464. The molecular weight excluding hydrogens is 441 g/mol. The number of carbonyl (C=O) groups is 1. The summed E-state index contributed by atoms with van der Waals surface area (Å²) in [7, 11) is 0. The summed E-state index contributed by atoms with van der Waals surface area (Å²) in [5.41, 5.74) is 5.89. The Morgan fingerprint density at radius 1 is 1.23 bits per heavy atom. The third kappa shape index (κ3) is 3.91. The molecule has 4 atom stereocenters. The van der Waals surface area contributed by atoms with Crippen LogP contribution in [0.1, 0.15) is 84.2 Å². The highest BCUT2D eigenvalue weighted by molar-refractivity contribution is 5.96. The van der Waals surface area contributed by atoms with Crippen LogP contribution in [0.25, 0.3) is 5.57 Å². The van der Waals surface area contributed by atoms with Crippen molar-refractivity contribution in [1.82, 2.24) is 25.6 Å². The van der Waals surface area contributed by atoms with Crippen LogP contribution in [0, 0.1) is 23.1 Å². The second kappa shape index (κ2) is 8.77. The van der Waals surface area contributed by atoms with Crippen LogP contribution in [-0.2, 0) is 12.8 Å². The molecule has 0 radical (unpaired) electrons. The van der Waals surface area contributed by atoms with E-state index in [9.17, 15) is 9.18 Å². The molecule has 1 fully saturated rings. The summed E-state index contributed by atoms with van der Waals surface area (Å²) in [6.07, 6.45) is 12.7. The number of nitrogens with zero attached hydrogens (tertiary/aromatic N) is 4. The standard InChI is InChI=1S/C28H30FN5O/c1-28-12-11-22-21-7-6-18(26(35)3-2-4-27-31-33-34-32-27)13-17(21)5-8-23(22)25(28)10-9-24(28)19-14-20(29)16-30-15-19/h6-7,9,13-16,22-23,25H,2-5,8,10-12H2,1H3,(H,31,32,33,34)/t22-,23-,25+,28-/m1/s1. The van der Waals surface area contributed by atoms with Crippen molar-refractivity contribution in [1.29, 1.82) is 0 Å². The van der Waals surface area contributed by atoms with Crippen molar-refractivity contribution < 1.29 is 9.18 Å². The number of hydrogen-bond donors (Lipinski definition) is 1. The van der Waals surface area contributed by atoms with Crippen LogP contribution in [0.3, 0.4) is 0 Å². The summed E-state index contributed by atoms with van der Waals surface area (Å²) in [5, 5.41) is 13.9. The summed E-state index contributed by atoms with van der Waals surface area (Å²) in [5.74, 6) is 2.29. The summed E-state index contributed by atoms with van der Waals surface area (Å²) in [6.45, 7) is 2.38. The van der Waals surface area contributed by atoms with Crippen LogP contribution in [-0.4, -0.2) is 31.4 Å². The number of benzene rings is 1. The van der Waals surface area contributed by atoms with E-state index >= 15 is 0 Å². The molecule has 180 valence electrons. The maximum atomic E-state index is 13.9. The number of ketones is 1. The van der Waals surface area contributed by atoms with Gasteiger partial charge in [0.15, 0.2) is 11.6 Å². The molecule has 1 N–H and O–H groups in total. The lowest BCUT2D eigenvalue weighted by Gasteiger charge is -2.50. The minimum Gasteiger partial charge on any atom is -0.294 e. The van der Waals surface area contributed by atoms with Gasteiger partial charge in [0, 0.05) is 24.6 Å². The van der Waals surface area contributed by atoms with Crippen LogP contribution in [0.5, 0.6) is 0 Å². The van der Waals surface area contributed by atoms with Crippen molar-refractivity contribution >= 4 is 11.4 Å². The van der Waals surface area contributed by atoms with Gasteiger partial charge in [-0.05, 0) is 96.1 Å². The third-order valence-electron chi connectivity index (χ3n) is 8.84. The van der Waals surface area contributed by atoms with Gasteiger partial charge in [0.2, 0.25) is 0 Å². The van der Waals surface area contributed by atoms with Crippen LogP contribution < -0.4 is 0 Å². The molecule has 7 heteroatoms. The van der Waals surface area contributed by atoms with Gasteiger partial charge in [0.1, 0.15) is 5.82 Å². The van der Waals surface area contributed by atoms with Gasteiger partial charge in [-0.25, -0.2) is 4.39 Å². The number of aromatic nitrogens is 5. The van der Waals surface area contributed by atoms with E-state index in [2.05, 4.69) is 50.7 Å². The van der Waals surface area contributed by atoms with Gasteiger partial charge in [0.05, 0.1) is 6.20 Å². The number of rotatable bonds is 6. The number of carbonyl (C=O) groups excluding carboxylic acids is 1. The molecule has 1 saturated carbocycles. The molecule has 6 rings (SSSR count). The average molecular weight is 472 g/mol. The zero-order chi connectivity index (χ0) is 24.0. The van der Waals surface area contributed by atoms with E-state index < -0.39 is 0 Å². The Morgan fingerprint density at radius 3 is 2.97 bits per heavy atom. The summed E-state index contributed by atoms with van der Waals surface area (Å²) < 4.78 is 13.9. The number of Topliss-reactive ketones (excluding diaryl/α,β-unsaturated/α-hetero) is 1. The molecule has 3 aromatic rings. The number of fused-ring (bicyclic) bond motifs is 5. The number of halogens is 1. The van der Waals surface area contributed by atoms with Crippen molar-refractivity contribution in [2.45, 2.75) is 64.2 Å². The molecule has 1 aromatic carbocycles. The molecule has 3 aliphatic rings. The van der Waals surface area contributed by atoms with Crippen molar-refractivity contribution in [2.24, 2.45) is 17.3 Å². The molecule has 35 heavy (non-hydrogen) atoms. The second-order valence-electron chi connectivity index (χ2n) is 10.6. The predicted octanol–water partition coefficient (Wildman–Crippen LogP) is 5.49. The van der Waals surface area contributed by atoms with Crippen LogP contribution >= 0.6 is 0 Å². The first kappa shape index (κ1) is 22.3. The van der Waals surface area contributed by atoms with Crippen LogP contribution in [0.2, 0.25) is 0 Å². The fourth-order valence-electron chi connectivity index (χ4n) is 7.17. The number of H-pyrrole nitrogens is 1. The highest BCUT2D eigenvalue weighted by Gasteiger charge is 2.52. The summed E-state index contributed by atoms with van der Waals surface area (Å²) in [6, 6.07) is 8.03. The van der Waals surface area contributed by atoms with Gasteiger partial charge in [-0.1, -0.05) is 30.3 Å². The van der Waals surface area contributed by atoms with Gasteiger partial charge in [-0.15, -0.1) is 10.2 Å². The minimum atomic E-state index is -0.268. The van der Waals surface area contributed by atoms with E-state index in [0.29, 0.717) is 36.4 Å². The lowest BCUT2D eigenvalue weighted by Crippen LogP contribution is -2.41. The largest absolute Gasteiger partial charge is 0.294 e. The zero-order valence-electron chi connectivity index (χ0n) is 20.0. The molecule has 6 nitrogen and oxygen atoms in total. The Morgan fingerprint density at radius 2 is 2.14 bits per heavy atom. The molecule has 0 saturated heterocycles. The van der Waals surface area contributed by atoms with Gasteiger partial charge in [0.25, 0.3) is 0 Å². The van der Waals surface area contributed by atoms with Crippen molar-refractivity contribution in [3.63, 3.8) is 0 Å². The SMILES string of the molecule is C[C@]12CC[C@@H]3c4ccc(C(=O)CCCc5nn[nH]n5)cc4CC[C@H]3[C@@H]1CC=C2c1cncc(F)c1. The van der Waals surface area contributed by atoms with Gasteiger partial charge in [-0.3, -0.25) is 9.78 Å². The molecule has 2 aromatic heterocycles. The highest BCUT2D eigenvalue weighted by Crippen LogP contribution is 2.63. The lowest BCUT2D eigenvalue weighted by molar-refractivity contribution is 0.0884. The number of aromatic amines is 1. The molecule has 0 unspecified atom stereocenters. The number of nitrogens with one attached hydrogen (secondary N) is 1. The van der Waals surface area contributed by atoms with Crippen molar-refractivity contribution in [3.8, 4) is 0 Å². The molecule has 0 aliphatic heterocycles. The van der Waals surface area contributed by atoms with E-state index in [4.69, 9.17) is 0 Å². The number of allylic oxidation sites excluding steroid dienone is 2. The monoisotopic (exact) mass is 471 g/mol. The minimum absolute atomic E-state index is 0.0722. The quantitative estimate of drug-likeness (QED) is 0.481. The first-order valence-electron chi connectivity index (χ1n) is 12.7. The first-order chi connectivity index (χ1) is 17.0. The maximum Gasteiger partial charge on any atom is 0.174 e. The zero-order valence-corrected chi connectivity index (χ0v) is 20.0. The number of aryl methyl sites for hydroxylation is 2. The first-order valence-corrected chi connectivity index (χ1v) is 12.7. The maximum absolute atomic E-state index is 13.9. The topological polar surface area (TPSA) is 84.4 Å². The third-order valence-corrected chi connectivity index (χ3v) is 8.84. The molecule has 0 amide bonds. The number of pyridine rings is 1. The Kier molecular flexibility index (Phi) is 5.58. The number of tetrazole rings is 1. The lowest BCUT2D eigenvalue weighted by atomic mass is 9.54. The molecular formula is C28H30FN5O.